The summed E-state index contributed by atoms with van der Waals surface area (Å²) in [5, 5.41) is 13.4. The molecule has 0 radical (unpaired) electrons. The maximum Gasteiger partial charge on any atom is 0.317 e. The van der Waals surface area contributed by atoms with Gasteiger partial charge >= 0.3 is 5.97 Å². The molecule has 6 nitrogen and oxygen atoms in total. The van der Waals surface area contributed by atoms with Crippen molar-refractivity contribution in [1.82, 2.24) is 15.0 Å². The summed E-state index contributed by atoms with van der Waals surface area (Å²) in [7, 11) is 0. The van der Waals surface area contributed by atoms with Gasteiger partial charge in [0, 0.05) is 11.6 Å². The lowest BCUT2D eigenvalue weighted by atomic mass is 10.2. The SMILES string of the molecule is O=C(O)CN(Cc1nc(-c2ccccc2Cl)no1)C1CC1. The molecule has 0 saturated heterocycles. The van der Waals surface area contributed by atoms with Crippen LogP contribution in [0.5, 0.6) is 0 Å². The van der Waals surface area contributed by atoms with Crippen LogP contribution in [0.25, 0.3) is 11.4 Å². The van der Waals surface area contributed by atoms with Crippen LogP contribution < -0.4 is 0 Å². The molecule has 1 saturated carbocycles. The second-order valence-electron chi connectivity index (χ2n) is 5.02. The summed E-state index contributed by atoms with van der Waals surface area (Å²) in [6, 6.07) is 7.55. The largest absolute Gasteiger partial charge is 0.480 e. The third-order valence-electron chi connectivity index (χ3n) is 3.32. The molecule has 1 heterocycles. The number of carboxylic acid groups (broad SMARTS) is 1. The molecule has 0 spiro atoms. The molecule has 7 heteroatoms. The molecule has 1 N–H and O–H groups in total. The normalized spacial score (nSPS) is 14.6. The number of halogens is 1. The van der Waals surface area contributed by atoms with Gasteiger partial charge in [-0.05, 0) is 25.0 Å². The first-order valence-corrected chi connectivity index (χ1v) is 7.04. The number of carboxylic acids is 1. The lowest BCUT2D eigenvalue weighted by Crippen LogP contribution is -2.31. The van der Waals surface area contributed by atoms with Gasteiger partial charge in [0.15, 0.2) is 0 Å². The van der Waals surface area contributed by atoms with Crippen LogP contribution in [0.15, 0.2) is 28.8 Å². The highest BCUT2D eigenvalue weighted by molar-refractivity contribution is 6.33. The summed E-state index contributed by atoms with van der Waals surface area (Å²) in [4.78, 5) is 17.0. The van der Waals surface area contributed by atoms with E-state index in [0.717, 1.165) is 12.8 Å². The number of aliphatic carboxylic acids is 1. The van der Waals surface area contributed by atoms with Gasteiger partial charge in [-0.25, -0.2) is 0 Å². The van der Waals surface area contributed by atoms with Gasteiger partial charge in [-0.15, -0.1) is 0 Å². The maximum absolute atomic E-state index is 10.9. The fourth-order valence-corrected chi connectivity index (χ4v) is 2.39. The van der Waals surface area contributed by atoms with Crippen molar-refractivity contribution in [1.29, 1.82) is 0 Å². The minimum absolute atomic E-state index is 0.0194. The van der Waals surface area contributed by atoms with E-state index >= 15 is 0 Å². The Morgan fingerprint density at radius 2 is 2.19 bits per heavy atom. The summed E-state index contributed by atoms with van der Waals surface area (Å²) >= 11 is 6.09. The van der Waals surface area contributed by atoms with Crippen LogP contribution in [0.1, 0.15) is 18.7 Å². The smallest absolute Gasteiger partial charge is 0.317 e. The van der Waals surface area contributed by atoms with E-state index in [0.29, 0.717) is 34.9 Å². The third kappa shape index (κ3) is 3.40. The van der Waals surface area contributed by atoms with Crippen molar-refractivity contribution in [3.63, 3.8) is 0 Å². The number of hydrogen-bond acceptors (Lipinski definition) is 5. The van der Waals surface area contributed by atoms with Crippen molar-refractivity contribution in [2.24, 2.45) is 0 Å². The molecular formula is C14H14ClN3O3. The number of rotatable bonds is 6. The second-order valence-corrected chi connectivity index (χ2v) is 5.43. The molecule has 0 aliphatic heterocycles. The zero-order valence-corrected chi connectivity index (χ0v) is 12.0. The molecule has 3 rings (SSSR count). The van der Waals surface area contributed by atoms with E-state index in [1.54, 1.807) is 6.07 Å². The van der Waals surface area contributed by atoms with E-state index in [2.05, 4.69) is 10.1 Å². The van der Waals surface area contributed by atoms with Gasteiger partial charge in [0.25, 0.3) is 0 Å². The Labute approximate surface area is 126 Å². The number of nitrogens with zero attached hydrogens (tertiary/aromatic N) is 3. The summed E-state index contributed by atoms with van der Waals surface area (Å²) in [5.41, 5.74) is 0.699. The van der Waals surface area contributed by atoms with E-state index in [9.17, 15) is 4.79 Å². The van der Waals surface area contributed by atoms with E-state index in [1.807, 2.05) is 23.1 Å². The molecule has 1 aromatic heterocycles. The molecule has 1 aromatic carbocycles. The fourth-order valence-electron chi connectivity index (χ4n) is 2.17. The number of carbonyl (C=O) groups is 1. The Balaban J connectivity index is 1.75. The Hall–Kier alpha value is -1.92. The standard InChI is InChI=1S/C14H14ClN3O3/c15-11-4-2-1-3-10(11)14-16-12(21-17-14)7-18(8-13(19)20)9-5-6-9/h1-4,9H,5-8H2,(H,19,20). The molecule has 1 aliphatic rings. The van der Waals surface area contributed by atoms with Crippen LogP contribution in [0.3, 0.4) is 0 Å². The van der Waals surface area contributed by atoms with E-state index in [1.165, 1.54) is 0 Å². The van der Waals surface area contributed by atoms with Crippen molar-refractivity contribution in [2.45, 2.75) is 25.4 Å². The fraction of sp³-hybridized carbons (Fsp3) is 0.357. The van der Waals surface area contributed by atoms with Gasteiger partial charge in [-0.1, -0.05) is 28.9 Å². The second kappa shape index (κ2) is 5.83. The monoisotopic (exact) mass is 307 g/mol. The summed E-state index contributed by atoms with van der Waals surface area (Å²) < 4.78 is 5.21. The Kier molecular flexibility index (Phi) is 3.90. The van der Waals surface area contributed by atoms with Crippen LogP contribution >= 0.6 is 11.6 Å². The van der Waals surface area contributed by atoms with E-state index in [4.69, 9.17) is 21.2 Å². The zero-order valence-electron chi connectivity index (χ0n) is 11.2. The molecule has 2 aromatic rings. The highest BCUT2D eigenvalue weighted by atomic mass is 35.5. The molecule has 1 aliphatic carbocycles. The first-order chi connectivity index (χ1) is 10.1. The average Bonchev–Trinajstić information content (AvgIpc) is 3.19. The van der Waals surface area contributed by atoms with E-state index in [-0.39, 0.29) is 6.54 Å². The third-order valence-corrected chi connectivity index (χ3v) is 3.65. The van der Waals surface area contributed by atoms with Crippen molar-refractivity contribution in [3.05, 3.63) is 35.2 Å². The highest BCUT2D eigenvalue weighted by Gasteiger charge is 2.31. The Morgan fingerprint density at radius 3 is 2.86 bits per heavy atom. The van der Waals surface area contributed by atoms with Crippen LogP contribution in [0, 0.1) is 0 Å². The minimum Gasteiger partial charge on any atom is -0.480 e. The molecule has 0 amide bonds. The first kappa shape index (κ1) is 14.0. The summed E-state index contributed by atoms with van der Waals surface area (Å²) in [6.45, 7) is 0.322. The number of hydrogen-bond donors (Lipinski definition) is 1. The molecule has 110 valence electrons. The van der Waals surface area contributed by atoms with Crippen LogP contribution in [0.2, 0.25) is 5.02 Å². The average molecular weight is 308 g/mol. The predicted molar refractivity (Wildman–Crippen MR) is 75.8 cm³/mol. The van der Waals surface area contributed by atoms with Gasteiger partial charge in [0.1, 0.15) is 0 Å². The van der Waals surface area contributed by atoms with Gasteiger partial charge < -0.3 is 9.63 Å². The Bertz CT molecular complexity index is 654. The maximum atomic E-state index is 10.9. The van der Waals surface area contributed by atoms with Gasteiger partial charge in [-0.2, -0.15) is 4.98 Å². The lowest BCUT2D eigenvalue weighted by molar-refractivity contribution is -0.138. The molecule has 1 fully saturated rings. The van der Waals surface area contributed by atoms with Gasteiger partial charge in [-0.3, -0.25) is 9.69 Å². The van der Waals surface area contributed by atoms with Crippen LogP contribution in [0.4, 0.5) is 0 Å². The van der Waals surface area contributed by atoms with Crippen molar-refractivity contribution >= 4 is 17.6 Å². The molecule has 0 unspecified atom stereocenters. The molecule has 21 heavy (non-hydrogen) atoms. The van der Waals surface area contributed by atoms with Gasteiger partial charge in [0.2, 0.25) is 11.7 Å². The van der Waals surface area contributed by atoms with Crippen molar-refractivity contribution < 1.29 is 14.4 Å². The minimum atomic E-state index is -0.854. The number of aromatic nitrogens is 2. The molecular weight excluding hydrogens is 294 g/mol. The van der Waals surface area contributed by atoms with Crippen molar-refractivity contribution in [3.8, 4) is 11.4 Å². The van der Waals surface area contributed by atoms with Crippen LogP contribution in [-0.2, 0) is 11.3 Å². The summed E-state index contributed by atoms with van der Waals surface area (Å²) in [6.07, 6.45) is 2.03. The number of benzene rings is 1. The molecule has 0 atom stereocenters. The quantitative estimate of drug-likeness (QED) is 0.883. The predicted octanol–water partition coefficient (Wildman–Crippen LogP) is 2.44. The topological polar surface area (TPSA) is 79.5 Å². The first-order valence-electron chi connectivity index (χ1n) is 6.67. The zero-order chi connectivity index (χ0) is 14.8. The van der Waals surface area contributed by atoms with Gasteiger partial charge in [0.05, 0.1) is 18.1 Å². The Morgan fingerprint density at radius 1 is 1.43 bits per heavy atom. The highest BCUT2D eigenvalue weighted by Crippen LogP contribution is 2.29. The lowest BCUT2D eigenvalue weighted by Gasteiger charge is -2.16. The van der Waals surface area contributed by atoms with E-state index < -0.39 is 5.97 Å². The molecule has 0 bridgehead atoms. The van der Waals surface area contributed by atoms with Crippen molar-refractivity contribution in [2.75, 3.05) is 6.54 Å². The summed E-state index contributed by atoms with van der Waals surface area (Å²) in [5.74, 6) is -0.0347. The van der Waals surface area contributed by atoms with Crippen LogP contribution in [-0.4, -0.2) is 38.7 Å².